The van der Waals surface area contributed by atoms with Crippen molar-refractivity contribution in [1.82, 2.24) is 19.5 Å². The normalized spacial score (nSPS) is 11.4. The van der Waals surface area contributed by atoms with Crippen LogP contribution in [-0.2, 0) is 13.0 Å². The number of halogens is 1. The number of pyridine rings is 1. The van der Waals surface area contributed by atoms with Crippen LogP contribution in [0.3, 0.4) is 0 Å². The molecule has 0 spiro atoms. The summed E-state index contributed by atoms with van der Waals surface area (Å²) in [5, 5.41) is 17.7. The molecule has 33 heavy (non-hydrogen) atoms. The van der Waals surface area contributed by atoms with Gasteiger partial charge in [0, 0.05) is 23.7 Å². The highest BCUT2D eigenvalue weighted by Gasteiger charge is 2.23. The second-order valence-corrected chi connectivity index (χ2v) is 9.18. The molecular formula is C23H18ClN5O3S. The summed E-state index contributed by atoms with van der Waals surface area (Å²) in [5.41, 5.74) is 2.15. The fraction of sp³-hybridized carbons (Fsp3) is 0.174. The zero-order chi connectivity index (χ0) is 23.1. The summed E-state index contributed by atoms with van der Waals surface area (Å²) in [6, 6.07) is 10.7. The van der Waals surface area contributed by atoms with Gasteiger partial charge in [0.15, 0.2) is 4.47 Å². The van der Waals surface area contributed by atoms with Crippen molar-refractivity contribution >= 4 is 28.6 Å². The molecule has 10 heteroatoms. The van der Waals surface area contributed by atoms with Crippen molar-refractivity contribution in [2.45, 2.75) is 26.8 Å². The minimum Gasteiger partial charge on any atom is -0.842 e. The fourth-order valence-corrected chi connectivity index (χ4v) is 4.76. The zero-order valence-electron chi connectivity index (χ0n) is 17.8. The predicted molar refractivity (Wildman–Crippen MR) is 122 cm³/mol. The van der Waals surface area contributed by atoms with Gasteiger partial charge < -0.3 is 9.63 Å². The van der Waals surface area contributed by atoms with Gasteiger partial charge in [-0.15, -0.1) is 11.3 Å². The molecule has 0 atom stereocenters. The van der Waals surface area contributed by atoms with Gasteiger partial charge in [-0.1, -0.05) is 41.9 Å². The highest BCUT2D eigenvalue weighted by molar-refractivity contribution is 7.15. The van der Waals surface area contributed by atoms with E-state index in [0.717, 1.165) is 10.4 Å². The molecule has 8 nitrogen and oxygen atoms in total. The third kappa shape index (κ3) is 3.79. The second kappa shape index (κ2) is 8.42. The summed E-state index contributed by atoms with van der Waals surface area (Å²) in [4.78, 5) is 22.7. The average Bonchev–Trinajstić information content (AvgIpc) is 3.46. The number of thiazole rings is 1. The standard InChI is InChI=1S/C23H18ClN5O3S/c1-3-17-26-19(27-32-17)15-8-4-7-14(10-15)18-21(30)28-9-5-6-13(2)20(28)29(22(18)31)12-16-11-25-23(24)33-16/h4-11H,3,12H2,1-2H3. The van der Waals surface area contributed by atoms with Gasteiger partial charge in [0.1, 0.15) is 12.1 Å². The van der Waals surface area contributed by atoms with Crippen molar-refractivity contribution in [2.75, 3.05) is 0 Å². The number of benzene rings is 1. The molecule has 0 unspecified atom stereocenters. The van der Waals surface area contributed by atoms with Crippen LogP contribution in [0.4, 0.5) is 0 Å². The van der Waals surface area contributed by atoms with Crippen LogP contribution in [0, 0.1) is 6.92 Å². The van der Waals surface area contributed by atoms with E-state index in [-0.39, 0.29) is 12.1 Å². The lowest BCUT2D eigenvalue weighted by atomic mass is 10.0. The van der Waals surface area contributed by atoms with E-state index in [2.05, 4.69) is 15.1 Å². The number of aromatic nitrogens is 5. The Labute approximate surface area is 197 Å². The first-order valence-corrected chi connectivity index (χ1v) is 11.4. The Morgan fingerprint density at radius 1 is 1.24 bits per heavy atom. The summed E-state index contributed by atoms with van der Waals surface area (Å²) in [7, 11) is 0. The van der Waals surface area contributed by atoms with Crippen molar-refractivity contribution in [2.24, 2.45) is 0 Å². The Morgan fingerprint density at radius 2 is 2.06 bits per heavy atom. The lowest BCUT2D eigenvalue weighted by molar-refractivity contribution is -0.707. The number of rotatable bonds is 5. The van der Waals surface area contributed by atoms with Gasteiger partial charge in [0.05, 0.1) is 17.0 Å². The number of hydrogen-bond donors (Lipinski definition) is 0. The summed E-state index contributed by atoms with van der Waals surface area (Å²) >= 11 is 7.30. The average molecular weight is 480 g/mol. The van der Waals surface area contributed by atoms with E-state index in [9.17, 15) is 9.90 Å². The SMILES string of the molecule is CCc1nc(-c2cccc(-c3c([O-])[n+](Cc4cnc(Cl)s4)c4c(C)cccn4c3=O)c2)no1. The molecule has 5 aromatic rings. The highest BCUT2D eigenvalue weighted by Crippen LogP contribution is 2.27. The smallest absolute Gasteiger partial charge is 0.349 e. The van der Waals surface area contributed by atoms with Crippen LogP contribution < -0.4 is 15.2 Å². The van der Waals surface area contributed by atoms with Gasteiger partial charge in [0.2, 0.25) is 11.7 Å². The van der Waals surface area contributed by atoms with Crippen LogP contribution in [0.1, 0.15) is 23.3 Å². The lowest BCUT2D eigenvalue weighted by Gasteiger charge is -2.17. The molecule has 0 bridgehead atoms. The Hall–Kier alpha value is -3.56. The number of fused-ring (bicyclic) bond motifs is 1. The monoisotopic (exact) mass is 479 g/mol. The van der Waals surface area contributed by atoms with E-state index >= 15 is 0 Å². The Kier molecular flexibility index (Phi) is 5.43. The molecule has 0 radical (unpaired) electrons. The number of aryl methyl sites for hydroxylation is 2. The summed E-state index contributed by atoms with van der Waals surface area (Å²) in [6.45, 7) is 4.03. The molecule has 0 fully saturated rings. The first-order valence-electron chi connectivity index (χ1n) is 10.2. The molecule has 0 N–H and O–H groups in total. The van der Waals surface area contributed by atoms with Crippen LogP contribution in [0.5, 0.6) is 5.88 Å². The summed E-state index contributed by atoms with van der Waals surface area (Å²) < 4.78 is 8.70. The van der Waals surface area contributed by atoms with Gasteiger partial charge >= 0.3 is 5.56 Å². The molecular weight excluding hydrogens is 462 g/mol. The van der Waals surface area contributed by atoms with Gasteiger partial charge in [-0.05, 0) is 30.7 Å². The molecule has 0 amide bonds. The molecule has 0 aliphatic rings. The van der Waals surface area contributed by atoms with Gasteiger partial charge in [-0.2, -0.15) is 9.38 Å². The van der Waals surface area contributed by atoms with Crippen molar-refractivity contribution in [1.29, 1.82) is 0 Å². The Morgan fingerprint density at radius 3 is 2.79 bits per heavy atom. The fourth-order valence-electron chi connectivity index (χ4n) is 3.79. The largest absolute Gasteiger partial charge is 0.842 e. The first-order chi connectivity index (χ1) is 16.0. The van der Waals surface area contributed by atoms with Gasteiger partial charge in [-0.3, -0.25) is 0 Å². The van der Waals surface area contributed by atoms with Crippen LogP contribution in [-0.4, -0.2) is 19.5 Å². The zero-order valence-corrected chi connectivity index (χ0v) is 19.4. The predicted octanol–water partition coefficient (Wildman–Crippen LogP) is 3.41. The molecule has 0 saturated heterocycles. The van der Waals surface area contributed by atoms with E-state index in [1.165, 1.54) is 15.7 Å². The molecule has 0 aliphatic heterocycles. The van der Waals surface area contributed by atoms with Crippen LogP contribution in [0.2, 0.25) is 4.47 Å². The first kappa shape index (κ1) is 21.3. The van der Waals surface area contributed by atoms with Gasteiger partial charge in [-0.25, -0.2) is 14.3 Å². The lowest BCUT2D eigenvalue weighted by Crippen LogP contribution is -2.44. The molecule has 0 saturated carbocycles. The molecule has 0 aliphatic carbocycles. The number of hydrogen-bond acceptors (Lipinski definition) is 7. The highest BCUT2D eigenvalue weighted by atomic mass is 35.5. The number of nitrogens with zero attached hydrogens (tertiary/aromatic N) is 5. The van der Waals surface area contributed by atoms with E-state index in [4.69, 9.17) is 16.1 Å². The topological polar surface area (TPSA) is 100 Å². The van der Waals surface area contributed by atoms with E-state index in [0.29, 0.717) is 39.4 Å². The van der Waals surface area contributed by atoms with Crippen molar-refractivity contribution in [3.05, 3.63) is 79.9 Å². The van der Waals surface area contributed by atoms with Crippen LogP contribution in [0.25, 0.3) is 28.2 Å². The van der Waals surface area contributed by atoms with Gasteiger partial charge in [0.25, 0.3) is 5.65 Å². The molecule has 5 rings (SSSR count). The Balaban J connectivity index is 1.74. The Bertz CT molecular complexity index is 1560. The van der Waals surface area contributed by atoms with E-state index < -0.39 is 11.4 Å². The van der Waals surface area contributed by atoms with E-state index in [1.807, 2.05) is 26.0 Å². The minimum atomic E-state index is -0.392. The maximum atomic E-state index is 13.7. The summed E-state index contributed by atoms with van der Waals surface area (Å²) in [5.74, 6) is 0.533. The van der Waals surface area contributed by atoms with Crippen LogP contribution in [0.15, 0.2) is 58.1 Å². The third-order valence-electron chi connectivity index (χ3n) is 5.33. The van der Waals surface area contributed by atoms with E-state index in [1.54, 1.807) is 41.2 Å². The molecule has 1 aromatic carbocycles. The molecule has 4 aromatic heterocycles. The maximum absolute atomic E-state index is 13.7. The van der Waals surface area contributed by atoms with Crippen molar-refractivity contribution in [3.63, 3.8) is 0 Å². The summed E-state index contributed by atoms with van der Waals surface area (Å²) in [6.07, 6.45) is 3.92. The maximum Gasteiger partial charge on any atom is 0.349 e. The van der Waals surface area contributed by atoms with Crippen molar-refractivity contribution < 1.29 is 14.2 Å². The quantitative estimate of drug-likeness (QED) is 0.358. The van der Waals surface area contributed by atoms with Crippen LogP contribution >= 0.6 is 22.9 Å². The van der Waals surface area contributed by atoms with Crippen molar-refractivity contribution in [3.8, 4) is 28.4 Å². The minimum absolute atomic E-state index is 0.0646. The molecule has 166 valence electrons. The molecule has 4 heterocycles. The second-order valence-electron chi connectivity index (χ2n) is 7.48. The third-order valence-corrected chi connectivity index (χ3v) is 6.43.